The fourth-order valence-electron chi connectivity index (χ4n) is 3.87. The first-order valence-corrected chi connectivity index (χ1v) is 9.42. The van der Waals surface area contributed by atoms with Gasteiger partial charge in [0, 0.05) is 23.6 Å². The van der Waals surface area contributed by atoms with Crippen LogP contribution in [0.3, 0.4) is 0 Å². The lowest BCUT2D eigenvalue weighted by Gasteiger charge is -2.28. The van der Waals surface area contributed by atoms with Crippen molar-refractivity contribution in [3.63, 3.8) is 0 Å². The molecular formula is C24H16F3NO2. The minimum atomic E-state index is -4.46. The van der Waals surface area contributed by atoms with Gasteiger partial charge in [0.2, 0.25) is 0 Å². The number of halogens is 3. The standard InChI is InChI=1S/C24H16F3NO2/c1-14-28-22(15-7-3-2-4-8-15)23(29-14)21-17-9-5-6-10-19(17)30-20-12-11-16(13-18(20)21)24(25,26)27/h2-13,21H,1H3. The molecule has 1 aromatic heterocycles. The molecule has 0 bridgehead atoms. The van der Waals surface area contributed by atoms with Gasteiger partial charge in [0.1, 0.15) is 23.0 Å². The van der Waals surface area contributed by atoms with Gasteiger partial charge >= 0.3 is 6.18 Å². The monoisotopic (exact) mass is 407 g/mol. The number of aromatic nitrogens is 1. The first-order valence-electron chi connectivity index (χ1n) is 9.42. The van der Waals surface area contributed by atoms with Crippen LogP contribution in [-0.2, 0) is 6.18 Å². The molecule has 30 heavy (non-hydrogen) atoms. The van der Waals surface area contributed by atoms with E-state index in [4.69, 9.17) is 9.15 Å². The Morgan fingerprint density at radius 1 is 0.833 bits per heavy atom. The smallest absolute Gasteiger partial charge is 0.416 e. The van der Waals surface area contributed by atoms with Crippen LogP contribution in [0, 0.1) is 6.92 Å². The van der Waals surface area contributed by atoms with Crippen molar-refractivity contribution < 1.29 is 22.3 Å². The number of hydrogen-bond donors (Lipinski definition) is 0. The van der Waals surface area contributed by atoms with Crippen LogP contribution in [0.1, 0.15) is 34.3 Å². The van der Waals surface area contributed by atoms with E-state index in [0.29, 0.717) is 34.4 Å². The number of aryl methyl sites for hydroxylation is 1. The van der Waals surface area contributed by atoms with E-state index in [1.807, 2.05) is 48.5 Å². The molecule has 0 aliphatic carbocycles. The summed E-state index contributed by atoms with van der Waals surface area (Å²) in [4.78, 5) is 4.54. The highest BCUT2D eigenvalue weighted by Crippen LogP contribution is 2.50. The van der Waals surface area contributed by atoms with E-state index in [1.54, 1.807) is 13.0 Å². The molecule has 1 aliphatic heterocycles. The number of hydrogen-bond acceptors (Lipinski definition) is 3. The van der Waals surface area contributed by atoms with Gasteiger partial charge in [-0.2, -0.15) is 13.2 Å². The third-order valence-corrected chi connectivity index (χ3v) is 5.17. The molecule has 0 N–H and O–H groups in total. The Morgan fingerprint density at radius 2 is 1.53 bits per heavy atom. The van der Waals surface area contributed by atoms with Crippen molar-refractivity contribution in [2.24, 2.45) is 0 Å². The molecule has 2 heterocycles. The van der Waals surface area contributed by atoms with E-state index < -0.39 is 17.7 Å². The normalized spacial score (nSPS) is 15.3. The maximum Gasteiger partial charge on any atom is 0.416 e. The summed E-state index contributed by atoms with van der Waals surface area (Å²) in [7, 11) is 0. The molecular weight excluding hydrogens is 391 g/mol. The van der Waals surface area contributed by atoms with Crippen LogP contribution in [0.15, 0.2) is 77.2 Å². The van der Waals surface area contributed by atoms with Crippen molar-refractivity contribution in [2.75, 3.05) is 0 Å². The fourth-order valence-corrected chi connectivity index (χ4v) is 3.87. The maximum absolute atomic E-state index is 13.5. The molecule has 0 radical (unpaired) electrons. The highest BCUT2D eigenvalue weighted by molar-refractivity contribution is 5.67. The second-order valence-electron chi connectivity index (χ2n) is 7.14. The number of alkyl halides is 3. The highest BCUT2D eigenvalue weighted by atomic mass is 19.4. The highest BCUT2D eigenvalue weighted by Gasteiger charge is 2.37. The van der Waals surface area contributed by atoms with Crippen LogP contribution in [0.2, 0.25) is 0 Å². The zero-order valence-corrected chi connectivity index (χ0v) is 15.9. The molecule has 1 aliphatic rings. The van der Waals surface area contributed by atoms with Crippen LogP contribution in [-0.4, -0.2) is 4.98 Å². The van der Waals surface area contributed by atoms with Crippen molar-refractivity contribution in [1.29, 1.82) is 0 Å². The topological polar surface area (TPSA) is 35.3 Å². The van der Waals surface area contributed by atoms with Crippen LogP contribution < -0.4 is 4.74 Å². The Morgan fingerprint density at radius 3 is 2.30 bits per heavy atom. The van der Waals surface area contributed by atoms with Gasteiger partial charge in [0.25, 0.3) is 0 Å². The number of para-hydroxylation sites is 1. The van der Waals surface area contributed by atoms with Gasteiger partial charge in [-0.15, -0.1) is 0 Å². The minimum absolute atomic E-state index is 0.375. The van der Waals surface area contributed by atoms with Crippen molar-refractivity contribution in [3.05, 3.63) is 101 Å². The van der Waals surface area contributed by atoms with Gasteiger partial charge in [0.15, 0.2) is 5.89 Å². The van der Waals surface area contributed by atoms with Gasteiger partial charge in [0.05, 0.1) is 11.5 Å². The van der Waals surface area contributed by atoms with Gasteiger partial charge in [-0.25, -0.2) is 4.98 Å². The zero-order valence-electron chi connectivity index (χ0n) is 15.9. The predicted molar refractivity (Wildman–Crippen MR) is 106 cm³/mol. The Labute approximate surface area is 170 Å². The molecule has 6 heteroatoms. The van der Waals surface area contributed by atoms with Crippen LogP contribution in [0.25, 0.3) is 11.3 Å². The number of ether oxygens (including phenoxy) is 1. The number of oxazole rings is 1. The molecule has 3 aromatic carbocycles. The van der Waals surface area contributed by atoms with Crippen molar-refractivity contribution >= 4 is 0 Å². The minimum Gasteiger partial charge on any atom is -0.457 e. The summed E-state index contributed by atoms with van der Waals surface area (Å²) >= 11 is 0. The Bertz CT molecular complexity index is 1230. The molecule has 150 valence electrons. The van der Waals surface area contributed by atoms with Crippen LogP contribution in [0.5, 0.6) is 11.5 Å². The zero-order chi connectivity index (χ0) is 20.9. The molecule has 0 amide bonds. The van der Waals surface area contributed by atoms with E-state index in [2.05, 4.69) is 4.98 Å². The molecule has 1 atom stereocenters. The summed E-state index contributed by atoms with van der Waals surface area (Å²) in [5.41, 5.74) is 1.85. The molecule has 4 aromatic rings. The first kappa shape index (κ1) is 18.5. The summed E-state index contributed by atoms with van der Waals surface area (Å²) < 4.78 is 52.3. The molecule has 3 nitrogen and oxygen atoms in total. The SMILES string of the molecule is Cc1nc(-c2ccccc2)c(C2c3ccccc3Oc3ccc(C(F)(F)F)cc32)o1. The third kappa shape index (κ3) is 3.05. The van der Waals surface area contributed by atoms with E-state index in [9.17, 15) is 13.2 Å². The Hall–Kier alpha value is -3.54. The van der Waals surface area contributed by atoms with Gasteiger partial charge in [-0.05, 0) is 24.3 Å². The van der Waals surface area contributed by atoms with E-state index >= 15 is 0 Å². The number of benzene rings is 3. The van der Waals surface area contributed by atoms with Gasteiger partial charge in [-0.3, -0.25) is 0 Å². The van der Waals surface area contributed by atoms with Gasteiger partial charge < -0.3 is 9.15 Å². The summed E-state index contributed by atoms with van der Waals surface area (Å²) in [5.74, 6) is 1.32. The third-order valence-electron chi connectivity index (χ3n) is 5.17. The molecule has 5 rings (SSSR count). The van der Waals surface area contributed by atoms with Gasteiger partial charge in [-0.1, -0.05) is 48.5 Å². The maximum atomic E-state index is 13.5. The lowest BCUT2D eigenvalue weighted by molar-refractivity contribution is -0.137. The summed E-state index contributed by atoms with van der Waals surface area (Å²) in [6.07, 6.45) is -4.46. The molecule has 0 fully saturated rings. The number of rotatable bonds is 2. The lowest BCUT2D eigenvalue weighted by Crippen LogP contribution is -2.14. The predicted octanol–water partition coefficient (Wildman–Crippen LogP) is 6.95. The van der Waals surface area contributed by atoms with E-state index in [-0.39, 0.29) is 0 Å². The second kappa shape index (κ2) is 6.76. The quantitative estimate of drug-likeness (QED) is 0.317. The summed E-state index contributed by atoms with van der Waals surface area (Å²) in [5, 5.41) is 0. The average molecular weight is 407 g/mol. The largest absolute Gasteiger partial charge is 0.457 e. The summed E-state index contributed by atoms with van der Waals surface area (Å²) in [6, 6.07) is 20.3. The molecule has 0 saturated carbocycles. The number of nitrogens with zero attached hydrogens (tertiary/aromatic N) is 1. The molecule has 0 saturated heterocycles. The Balaban J connectivity index is 1.77. The molecule has 0 spiro atoms. The van der Waals surface area contributed by atoms with E-state index in [0.717, 1.165) is 23.3 Å². The van der Waals surface area contributed by atoms with Crippen molar-refractivity contribution in [3.8, 4) is 22.8 Å². The van der Waals surface area contributed by atoms with Crippen molar-refractivity contribution in [1.82, 2.24) is 4.98 Å². The van der Waals surface area contributed by atoms with E-state index in [1.165, 1.54) is 6.07 Å². The molecule has 1 unspecified atom stereocenters. The van der Waals surface area contributed by atoms with Crippen LogP contribution in [0.4, 0.5) is 13.2 Å². The lowest BCUT2D eigenvalue weighted by atomic mass is 9.84. The average Bonchev–Trinajstić information content (AvgIpc) is 3.12. The second-order valence-corrected chi connectivity index (χ2v) is 7.14. The number of fused-ring (bicyclic) bond motifs is 2. The fraction of sp³-hybridized carbons (Fsp3) is 0.125. The Kier molecular flexibility index (Phi) is 4.17. The van der Waals surface area contributed by atoms with Crippen LogP contribution >= 0.6 is 0 Å². The summed E-state index contributed by atoms with van der Waals surface area (Å²) in [6.45, 7) is 1.73. The first-order chi connectivity index (χ1) is 14.4. The van der Waals surface area contributed by atoms with Crippen molar-refractivity contribution in [2.45, 2.75) is 19.0 Å².